The van der Waals surface area contributed by atoms with Gasteiger partial charge in [-0.1, -0.05) is 0 Å². The first-order valence-corrected chi connectivity index (χ1v) is 5.50. The molecule has 1 aromatic carbocycles. The van der Waals surface area contributed by atoms with Gasteiger partial charge in [0.25, 0.3) is 5.91 Å². The van der Waals surface area contributed by atoms with Crippen LogP contribution in [0, 0.1) is 0 Å². The molecule has 0 saturated heterocycles. The molecule has 0 aliphatic carbocycles. The summed E-state index contributed by atoms with van der Waals surface area (Å²) in [5.74, 6) is 0.0567. The zero-order chi connectivity index (χ0) is 13.8. The van der Waals surface area contributed by atoms with Crippen LogP contribution in [0.5, 0.6) is 11.5 Å². The fourth-order valence-electron chi connectivity index (χ4n) is 1.52. The van der Waals surface area contributed by atoms with Crippen LogP contribution in [-0.2, 0) is 0 Å². The molecule has 1 amide bonds. The molecule has 4 N–H and O–H groups in total. The van der Waals surface area contributed by atoms with Crippen molar-refractivity contribution in [1.82, 2.24) is 4.98 Å². The van der Waals surface area contributed by atoms with Gasteiger partial charge < -0.3 is 20.9 Å². The summed E-state index contributed by atoms with van der Waals surface area (Å²) in [6.07, 6.45) is 1.51. The molecule has 2 rings (SSSR count). The van der Waals surface area contributed by atoms with Crippen LogP contribution >= 0.6 is 0 Å². The van der Waals surface area contributed by atoms with E-state index in [1.165, 1.54) is 25.4 Å². The minimum atomic E-state index is -0.512. The van der Waals surface area contributed by atoms with Crippen molar-refractivity contribution in [3.63, 3.8) is 0 Å². The van der Waals surface area contributed by atoms with E-state index in [2.05, 4.69) is 10.3 Å². The topological polar surface area (TPSA) is 97.5 Å². The number of carbonyl (C=O) groups is 1. The molecule has 0 aliphatic heterocycles. The number of phenolic OH excluding ortho intramolecular Hbond substituents is 1. The van der Waals surface area contributed by atoms with Crippen LogP contribution in [0.4, 0.5) is 11.5 Å². The highest BCUT2D eigenvalue weighted by Crippen LogP contribution is 2.24. The third-order valence-electron chi connectivity index (χ3n) is 2.52. The Bertz CT molecular complexity index is 614. The number of benzene rings is 1. The summed E-state index contributed by atoms with van der Waals surface area (Å²) in [4.78, 5) is 16.0. The van der Waals surface area contributed by atoms with Crippen LogP contribution in [0.1, 0.15) is 10.4 Å². The number of nitrogens with two attached hydrogens (primary N) is 1. The Morgan fingerprint density at radius 3 is 2.89 bits per heavy atom. The van der Waals surface area contributed by atoms with Crippen LogP contribution < -0.4 is 15.8 Å². The van der Waals surface area contributed by atoms with Crippen molar-refractivity contribution < 1.29 is 14.6 Å². The molecule has 1 aromatic heterocycles. The second-order valence-electron chi connectivity index (χ2n) is 3.78. The van der Waals surface area contributed by atoms with Gasteiger partial charge in [-0.25, -0.2) is 4.98 Å². The smallest absolute Gasteiger partial charge is 0.260 e. The number of amides is 1. The molecule has 98 valence electrons. The van der Waals surface area contributed by atoms with E-state index in [-0.39, 0.29) is 17.1 Å². The number of nitrogens with zero attached hydrogens (tertiary/aromatic N) is 1. The van der Waals surface area contributed by atoms with Gasteiger partial charge in [0.15, 0.2) is 5.82 Å². The molecule has 6 nitrogen and oxygen atoms in total. The lowest BCUT2D eigenvalue weighted by molar-refractivity contribution is 0.102. The molecule has 0 radical (unpaired) electrons. The van der Waals surface area contributed by atoms with E-state index in [0.29, 0.717) is 11.4 Å². The van der Waals surface area contributed by atoms with Gasteiger partial charge in [0, 0.05) is 6.20 Å². The van der Waals surface area contributed by atoms with E-state index < -0.39 is 5.91 Å². The lowest BCUT2D eigenvalue weighted by Crippen LogP contribution is -2.14. The number of phenols is 1. The molecular formula is C13H13N3O3. The number of nitrogen functional groups attached to an aromatic ring is 1. The lowest BCUT2D eigenvalue weighted by Gasteiger charge is -2.09. The molecule has 0 atom stereocenters. The number of anilines is 2. The summed E-state index contributed by atoms with van der Waals surface area (Å²) in [5.41, 5.74) is 6.11. The second kappa shape index (κ2) is 5.26. The molecule has 2 aromatic rings. The maximum Gasteiger partial charge on any atom is 0.260 e. The number of hydrogen-bond donors (Lipinski definition) is 3. The van der Waals surface area contributed by atoms with Crippen LogP contribution in [0.3, 0.4) is 0 Å². The minimum absolute atomic E-state index is 0.0874. The molecule has 6 heteroatoms. The quantitative estimate of drug-likeness (QED) is 0.778. The fourth-order valence-corrected chi connectivity index (χ4v) is 1.52. The van der Waals surface area contributed by atoms with Crippen LogP contribution in [-0.4, -0.2) is 23.1 Å². The summed E-state index contributed by atoms with van der Waals surface area (Å²) in [6.45, 7) is 0. The highest BCUT2D eigenvalue weighted by molar-refractivity contribution is 6.07. The number of pyridine rings is 1. The zero-order valence-corrected chi connectivity index (χ0v) is 10.3. The van der Waals surface area contributed by atoms with Crippen LogP contribution in [0.25, 0.3) is 0 Å². The van der Waals surface area contributed by atoms with E-state index in [9.17, 15) is 9.90 Å². The first-order chi connectivity index (χ1) is 9.11. The second-order valence-corrected chi connectivity index (χ2v) is 3.78. The predicted octanol–water partition coefficient (Wildman–Crippen LogP) is 1.63. The summed E-state index contributed by atoms with van der Waals surface area (Å²) < 4.78 is 5.00. The van der Waals surface area contributed by atoms with Crippen molar-refractivity contribution in [2.75, 3.05) is 18.2 Å². The average molecular weight is 259 g/mol. The van der Waals surface area contributed by atoms with Crippen molar-refractivity contribution in [3.8, 4) is 11.5 Å². The average Bonchev–Trinajstić information content (AvgIpc) is 2.42. The van der Waals surface area contributed by atoms with Crippen molar-refractivity contribution in [3.05, 3.63) is 42.1 Å². The maximum absolute atomic E-state index is 12.0. The Morgan fingerprint density at radius 1 is 1.42 bits per heavy atom. The largest absolute Gasteiger partial charge is 0.507 e. The van der Waals surface area contributed by atoms with Gasteiger partial charge in [0.1, 0.15) is 11.5 Å². The SMILES string of the molecule is COc1ccc(O)c(C(=O)Nc2ncccc2N)c1. The minimum Gasteiger partial charge on any atom is -0.507 e. The Labute approximate surface area is 109 Å². The Hall–Kier alpha value is -2.76. The van der Waals surface area contributed by atoms with Gasteiger partial charge in [-0.2, -0.15) is 0 Å². The third kappa shape index (κ3) is 2.74. The summed E-state index contributed by atoms with van der Waals surface area (Å²) in [7, 11) is 1.48. The van der Waals surface area contributed by atoms with E-state index in [1.807, 2.05) is 0 Å². The van der Waals surface area contributed by atoms with Gasteiger partial charge in [0.05, 0.1) is 18.4 Å². The van der Waals surface area contributed by atoms with E-state index in [0.717, 1.165) is 0 Å². The van der Waals surface area contributed by atoms with Crippen molar-refractivity contribution >= 4 is 17.4 Å². The van der Waals surface area contributed by atoms with Gasteiger partial charge in [0.2, 0.25) is 0 Å². The number of carbonyl (C=O) groups excluding carboxylic acids is 1. The maximum atomic E-state index is 12.0. The summed E-state index contributed by atoms with van der Waals surface area (Å²) >= 11 is 0. The number of nitrogens with one attached hydrogen (secondary N) is 1. The molecule has 0 bridgehead atoms. The Morgan fingerprint density at radius 2 is 2.21 bits per heavy atom. The normalized spacial score (nSPS) is 9.95. The van der Waals surface area contributed by atoms with Crippen LogP contribution in [0.2, 0.25) is 0 Å². The summed E-state index contributed by atoms with van der Waals surface area (Å²) in [5, 5.41) is 12.2. The van der Waals surface area contributed by atoms with Crippen LogP contribution in [0.15, 0.2) is 36.5 Å². The van der Waals surface area contributed by atoms with E-state index in [4.69, 9.17) is 10.5 Å². The molecule has 0 saturated carbocycles. The number of aromatic hydroxyl groups is 1. The zero-order valence-electron chi connectivity index (χ0n) is 10.3. The number of hydrogen-bond acceptors (Lipinski definition) is 5. The standard InChI is InChI=1S/C13H13N3O3/c1-19-8-4-5-11(17)9(7-8)13(18)16-12-10(14)3-2-6-15-12/h2-7,17H,14H2,1H3,(H,15,16,18). The first kappa shape index (κ1) is 12.7. The third-order valence-corrected chi connectivity index (χ3v) is 2.52. The molecule has 19 heavy (non-hydrogen) atoms. The predicted molar refractivity (Wildman–Crippen MR) is 71.3 cm³/mol. The Balaban J connectivity index is 2.28. The van der Waals surface area contributed by atoms with Crippen molar-refractivity contribution in [2.45, 2.75) is 0 Å². The molecule has 0 spiro atoms. The number of methoxy groups -OCH3 is 1. The molecule has 1 heterocycles. The molecular weight excluding hydrogens is 246 g/mol. The molecule has 0 unspecified atom stereocenters. The number of aromatic nitrogens is 1. The summed E-state index contributed by atoms with van der Waals surface area (Å²) in [6, 6.07) is 7.66. The van der Waals surface area contributed by atoms with E-state index >= 15 is 0 Å². The van der Waals surface area contributed by atoms with Crippen molar-refractivity contribution in [2.24, 2.45) is 0 Å². The van der Waals surface area contributed by atoms with Gasteiger partial charge in [-0.05, 0) is 30.3 Å². The molecule has 0 aliphatic rings. The fraction of sp³-hybridized carbons (Fsp3) is 0.0769. The highest BCUT2D eigenvalue weighted by Gasteiger charge is 2.14. The number of ether oxygens (including phenoxy) is 1. The first-order valence-electron chi connectivity index (χ1n) is 5.50. The van der Waals surface area contributed by atoms with Crippen molar-refractivity contribution in [1.29, 1.82) is 0 Å². The lowest BCUT2D eigenvalue weighted by atomic mass is 10.1. The number of rotatable bonds is 3. The van der Waals surface area contributed by atoms with Gasteiger partial charge in [-0.3, -0.25) is 4.79 Å². The van der Waals surface area contributed by atoms with Gasteiger partial charge >= 0.3 is 0 Å². The molecule has 0 fully saturated rings. The van der Waals surface area contributed by atoms with Gasteiger partial charge in [-0.15, -0.1) is 0 Å². The monoisotopic (exact) mass is 259 g/mol. The van der Waals surface area contributed by atoms with E-state index in [1.54, 1.807) is 18.2 Å². The Kier molecular flexibility index (Phi) is 3.51. The highest BCUT2D eigenvalue weighted by atomic mass is 16.5.